The Morgan fingerprint density at radius 2 is 1.90 bits per heavy atom. The van der Waals surface area contributed by atoms with Gasteiger partial charge in [0.25, 0.3) is 0 Å². The molecule has 0 spiro atoms. The van der Waals surface area contributed by atoms with E-state index in [-0.39, 0.29) is 5.82 Å². The summed E-state index contributed by atoms with van der Waals surface area (Å²) in [4.78, 5) is 4.58. The number of likely N-dealkylation sites (N-methyl/N-ethyl adjacent to an activating group) is 1. The van der Waals surface area contributed by atoms with E-state index >= 15 is 0 Å². The molecule has 0 aromatic heterocycles. The molecule has 0 amide bonds. The number of rotatable bonds is 6. The maximum absolute atomic E-state index is 14.0. The minimum atomic E-state index is -0.103. The molecule has 0 aliphatic carbocycles. The average molecular weight is 279 g/mol. The van der Waals surface area contributed by atoms with Crippen molar-refractivity contribution in [1.29, 1.82) is 0 Å². The van der Waals surface area contributed by atoms with Crippen LogP contribution in [0.4, 0.5) is 10.1 Å². The van der Waals surface area contributed by atoms with E-state index in [4.69, 9.17) is 0 Å². The molecule has 0 bridgehead atoms. The molecule has 0 saturated carbocycles. The first-order valence-corrected chi connectivity index (χ1v) is 7.71. The second-order valence-electron chi connectivity index (χ2n) is 5.38. The van der Waals surface area contributed by atoms with Crippen molar-refractivity contribution in [3.05, 3.63) is 29.6 Å². The van der Waals surface area contributed by atoms with Crippen molar-refractivity contribution in [2.24, 2.45) is 0 Å². The van der Waals surface area contributed by atoms with Crippen molar-refractivity contribution in [1.82, 2.24) is 10.2 Å². The second-order valence-corrected chi connectivity index (χ2v) is 5.38. The Hall–Kier alpha value is -1.13. The van der Waals surface area contributed by atoms with E-state index in [1.165, 1.54) is 0 Å². The minimum Gasteiger partial charge on any atom is -0.367 e. The number of anilines is 1. The Balaban J connectivity index is 2.01. The van der Waals surface area contributed by atoms with Gasteiger partial charge in [0, 0.05) is 32.7 Å². The fourth-order valence-corrected chi connectivity index (χ4v) is 2.63. The van der Waals surface area contributed by atoms with Crippen LogP contribution in [-0.4, -0.2) is 44.2 Å². The van der Waals surface area contributed by atoms with Crippen LogP contribution in [0.25, 0.3) is 0 Å². The van der Waals surface area contributed by atoms with Gasteiger partial charge >= 0.3 is 0 Å². The van der Waals surface area contributed by atoms with Crippen LogP contribution in [0.1, 0.15) is 25.8 Å². The van der Waals surface area contributed by atoms with Gasteiger partial charge in [0.2, 0.25) is 0 Å². The zero-order valence-electron chi connectivity index (χ0n) is 12.7. The zero-order chi connectivity index (χ0) is 14.4. The minimum absolute atomic E-state index is 0.103. The highest BCUT2D eigenvalue weighted by Gasteiger charge is 2.18. The molecular formula is C16H26FN3. The van der Waals surface area contributed by atoms with E-state index < -0.39 is 0 Å². The topological polar surface area (TPSA) is 18.5 Å². The van der Waals surface area contributed by atoms with Gasteiger partial charge in [-0.05, 0) is 37.2 Å². The van der Waals surface area contributed by atoms with E-state index in [0.717, 1.165) is 63.5 Å². The Labute approximate surface area is 121 Å². The summed E-state index contributed by atoms with van der Waals surface area (Å²) in [6.45, 7) is 11.1. The predicted octanol–water partition coefficient (Wildman–Crippen LogP) is 2.47. The lowest BCUT2D eigenvalue weighted by atomic mass is 10.1. The Morgan fingerprint density at radius 3 is 2.55 bits per heavy atom. The van der Waals surface area contributed by atoms with Crippen LogP contribution in [0.2, 0.25) is 0 Å². The van der Waals surface area contributed by atoms with Gasteiger partial charge in [-0.1, -0.05) is 19.9 Å². The quantitative estimate of drug-likeness (QED) is 0.807. The first kappa shape index (κ1) is 15.3. The molecule has 1 N–H and O–H groups in total. The molecule has 0 radical (unpaired) electrons. The molecule has 1 fully saturated rings. The highest BCUT2D eigenvalue weighted by atomic mass is 19.1. The molecule has 1 aromatic carbocycles. The standard InChI is InChI=1S/C16H26FN3/c1-3-7-18-13-14-5-6-15(17)16(12-14)20-10-8-19(4-2)9-11-20/h5-6,12,18H,3-4,7-11,13H2,1-2H3. The molecular weight excluding hydrogens is 253 g/mol. The highest BCUT2D eigenvalue weighted by Crippen LogP contribution is 2.22. The van der Waals surface area contributed by atoms with Crippen LogP contribution in [0.15, 0.2) is 18.2 Å². The maximum atomic E-state index is 14.0. The molecule has 112 valence electrons. The number of benzene rings is 1. The average Bonchev–Trinajstić information content (AvgIpc) is 2.49. The lowest BCUT2D eigenvalue weighted by Gasteiger charge is -2.35. The molecule has 1 saturated heterocycles. The zero-order valence-corrected chi connectivity index (χ0v) is 12.7. The van der Waals surface area contributed by atoms with E-state index in [0.29, 0.717) is 0 Å². The van der Waals surface area contributed by atoms with Crippen molar-refractivity contribution in [3.8, 4) is 0 Å². The fourth-order valence-electron chi connectivity index (χ4n) is 2.63. The van der Waals surface area contributed by atoms with Gasteiger partial charge < -0.3 is 15.1 Å². The first-order chi connectivity index (χ1) is 9.74. The summed E-state index contributed by atoms with van der Waals surface area (Å²) in [5.41, 5.74) is 1.92. The summed E-state index contributed by atoms with van der Waals surface area (Å²) in [5, 5.41) is 3.37. The molecule has 20 heavy (non-hydrogen) atoms. The Kier molecular flexibility index (Phi) is 5.80. The summed E-state index contributed by atoms with van der Waals surface area (Å²) >= 11 is 0. The highest BCUT2D eigenvalue weighted by molar-refractivity contribution is 5.50. The van der Waals surface area contributed by atoms with Crippen LogP contribution in [-0.2, 0) is 6.54 Å². The fraction of sp³-hybridized carbons (Fsp3) is 0.625. The lowest BCUT2D eigenvalue weighted by Crippen LogP contribution is -2.46. The summed E-state index contributed by atoms with van der Waals surface area (Å²) in [7, 11) is 0. The van der Waals surface area contributed by atoms with E-state index in [1.807, 2.05) is 12.1 Å². The normalized spacial score (nSPS) is 16.6. The third kappa shape index (κ3) is 3.93. The van der Waals surface area contributed by atoms with Gasteiger partial charge in [-0.3, -0.25) is 0 Å². The largest absolute Gasteiger partial charge is 0.367 e. The van der Waals surface area contributed by atoms with Crippen LogP contribution in [0.3, 0.4) is 0 Å². The van der Waals surface area contributed by atoms with Gasteiger partial charge in [0.15, 0.2) is 0 Å². The summed E-state index contributed by atoms with van der Waals surface area (Å²) in [6.07, 6.45) is 1.12. The van der Waals surface area contributed by atoms with Gasteiger partial charge in [-0.2, -0.15) is 0 Å². The predicted molar refractivity (Wildman–Crippen MR) is 82.7 cm³/mol. The number of nitrogens with zero attached hydrogens (tertiary/aromatic N) is 2. The van der Waals surface area contributed by atoms with Crippen molar-refractivity contribution in [2.45, 2.75) is 26.8 Å². The molecule has 0 unspecified atom stereocenters. The Bertz CT molecular complexity index is 414. The van der Waals surface area contributed by atoms with Gasteiger partial charge in [0.1, 0.15) is 5.82 Å². The Morgan fingerprint density at radius 1 is 1.15 bits per heavy atom. The van der Waals surface area contributed by atoms with Crippen LogP contribution >= 0.6 is 0 Å². The van der Waals surface area contributed by atoms with Gasteiger partial charge in [0.05, 0.1) is 5.69 Å². The monoisotopic (exact) mass is 279 g/mol. The summed E-state index contributed by atoms with van der Waals surface area (Å²) in [5.74, 6) is -0.103. The number of nitrogens with one attached hydrogen (secondary N) is 1. The third-order valence-electron chi connectivity index (χ3n) is 3.93. The molecule has 1 aromatic rings. The number of piperazine rings is 1. The van der Waals surface area contributed by atoms with Crippen LogP contribution < -0.4 is 10.2 Å². The molecule has 4 heteroatoms. The molecule has 1 heterocycles. The molecule has 1 aliphatic rings. The molecule has 2 rings (SSSR count). The smallest absolute Gasteiger partial charge is 0.146 e. The van der Waals surface area contributed by atoms with Crippen molar-refractivity contribution >= 4 is 5.69 Å². The number of hydrogen-bond acceptors (Lipinski definition) is 3. The van der Waals surface area contributed by atoms with Crippen LogP contribution in [0, 0.1) is 5.82 Å². The summed E-state index contributed by atoms with van der Waals surface area (Å²) in [6, 6.07) is 5.48. The third-order valence-corrected chi connectivity index (χ3v) is 3.93. The van der Waals surface area contributed by atoms with Gasteiger partial charge in [-0.25, -0.2) is 4.39 Å². The molecule has 3 nitrogen and oxygen atoms in total. The van der Waals surface area contributed by atoms with E-state index in [1.54, 1.807) is 6.07 Å². The van der Waals surface area contributed by atoms with Crippen LogP contribution in [0.5, 0.6) is 0 Å². The van der Waals surface area contributed by atoms with Crippen molar-refractivity contribution < 1.29 is 4.39 Å². The van der Waals surface area contributed by atoms with Crippen molar-refractivity contribution in [2.75, 3.05) is 44.2 Å². The molecule has 1 aliphatic heterocycles. The molecule has 0 atom stereocenters. The maximum Gasteiger partial charge on any atom is 0.146 e. The van der Waals surface area contributed by atoms with E-state index in [2.05, 4.69) is 29.0 Å². The van der Waals surface area contributed by atoms with E-state index in [9.17, 15) is 4.39 Å². The number of halogens is 1. The van der Waals surface area contributed by atoms with Gasteiger partial charge in [-0.15, -0.1) is 0 Å². The lowest BCUT2D eigenvalue weighted by molar-refractivity contribution is 0.270. The SMILES string of the molecule is CCCNCc1ccc(F)c(N2CCN(CC)CC2)c1. The summed E-state index contributed by atoms with van der Waals surface area (Å²) < 4.78 is 14.0. The first-order valence-electron chi connectivity index (χ1n) is 7.71. The second kappa shape index (κ2) is 7.60. The van der Waals surface area contributed by atoms with Crippen molar-refractivity contribution in [3.63, 3.8) is 0 Å². The number of hydrogen-bond donors (Lipinski definition) is 1.